The Morgan fingerprint density at radius 2 is 2.36 bits per heavy atom. The van der Waals surface area contributed by atoms with E-state index < -0.39 is 0 Å². The van der Waals surface area contributed by atoms with Gasteiger partial charge in [0.25, 0.3) is 0 Å². The molecule has 0 unspecified atom stereocenters. The van der Waals surface area contributed by atoms with Gasteiger partial charge in [-0.1, -0.05) is 6.92 Å². The molecule has 0 aromatic heterocycles. The summed E-state index contributed by atoms with van der Waals surface area (Å²) in [4.78, 5) is 0. The fourth-order valence-corrected chi connectivity index (χ4v) is 3.09. The zero-order valence-electron chi connectivity index (χ0n) is 14.5. The maximum Gasteiger partial charge on any atom is 0.187 e. The molecule has 8 heteroatoms. The summed E-state index contributed by atoms with van der Waals surface area (Å²) in [7, 11) is 1.61. The summed E-state index contributed by atoms with van der Waals surface area (Å²) < 4.78 is 17.5. The first-order chi connectivity index (χ1) is 12.1. The Labute approximate surface area is 162 Å². The van der Waals surface area contributed by atoms with Crippen molar-refractivity contribution >= 4 is 39.5 Å². The summed E-state index contributed by atoms with van der Waals surface area (Å²) in [5, 5.41) is 7.74. The number of nitrogens with zero attached hydrogens (tertiary/aromatic N) is 1. The highest BCUT2D eigenvalue weighted by atomic mass is 79.9. The van der Waals surface area contributed by atoms with E-state index >= 15 is 0 Å². The lowest BCUT2D eigenvalue weighted by molar-refractivity contribution is 0.114. The fraction of sp³-hybridized carbons (Fsp3) is 0.529. The van der Waals surface area contributed by atoms with Gasteiger partial charge in [0.2, 0.25) is 0 Å². The van der Waals surface area contributed by atoms with Crippen LogP contribution in [0.2, 0.25) is 0 Å². The van der Waals surface area contributed by atoms with Crippen molar-refractivity contribution in [2.24, 2.45) is 5.10 Å². The van der Waals surface area contributed by atoms with Crippen LogP contribution in [0.4, 0.5) is 0 Å². The smallest absolute Gasteiger partial charge is 0.187 e. The van der Waals surface area contributed by atoms with Crippen molar-refractivity contribution in [1.82, 2.24) is 10.7 Å². The third kappa shape index (κ3) is 6.45. The van der Waals surface area contributed by atoms with E-state index in [1.807, 2.05) is 12.1 Å². The monoisotopic (exact) mass is 429 g/mol. The van der Waals surface area contributed by atoms with Crippen LogP contribution in [0.25, 0.3) is 0 Å². The first kappa shape index (κ1) is 19.9. The number of nitrogens with one attached hydrogen (secondary N) is 2. The van der Waals surface area contributed by atoms with Crippen LogP contribution >= 0.6 is 28.1 Å². The van der Waals surface area contributed by atoms with E-state index in [2.05, 4.69) is 38.7 Å². The minimum atomic E-state index is 0.236. The zero-order chi connectivity index (χ0) is 18.1. The van der Waals surface area contributed by atoms with Gasteiger partial charge in [-0.2, -0.15) is 5.10 Å². The highest BCUT2D eigenvalue weighted by Crippen LogP contribution is 2.36. The topological polar surface area (TPSA) is 64.1 Å². The van der Waals surface area contributed by atoms with E-state index in [1.54, 1.807) is 13.3 Å². The molecule has 25 heavy (non-hydrogen) atoms. The van der Waals surface area contributed by atoms with Gasteiger partial charge in [-0.15, -0.1) is 0 Å². The summed E-state index contributed by atoms with van der Waals surface area (Å²) in [5.74, 6) is 1.35. The minimum Gasteiger partial charge on any atom is -0.493 e. The molecule has 1 aromatic carbocycles. The van der Waals surface area contributed by atoms with Gasteiger partial charge in [0.05, 0.1) is 30.5 Å². The quantitative estimate of drug-likeness (QED) is 0.375. The van der Waals surface area contributed by atoms with Crippen LogP contribution in [-0.2, 0) is 4.74 Å². The average molecular weight is 430 g/mol. The van der Waals surface area contributed by atoms with Crippen LogP contribution in [0.15, 0.2) is 21.7 Å². The molecule has 0 radical (unpaired) electrons. The molecule has 0 saturated carbocycles. The van der Waals surface area contributed by atoms with Gasteiger partial charge >= 0.3 is 0 Å². The van der Waals surface area contributed by atoms with Crippen LogP contribution in [0.3, 0.4) is 0 Å². The summed E-state index contributed by atoms with van der Waals surface area (Å²) in [6.07, 6.45) is 5.02. The van der Waals surface area contributed by atoms with Gasteiger partial charge in [0.1, 0.15) is 0 Å². The van der Waals surface area contributed by atoms with Crippen molar-refractivity contribution in [1.29, 1.82) is 0 Å². The van der Waals surface area contributed by atoms with Crippen LogP contribution in [0, 0.1) is 0 Å². The normalized spacial score (nSPS) is 16.8. The molecule has 6 nitrogen and oxygen atoms in total. The fourth-order valence-electron chi connectivity index (χ4n) is 2.38. The molecule has 138 valence electrons. The molecule has 2 rings (SSSR count). The number of halogens is 1. The number of hydrazone groups is 1. The molecule has 0 amide bonds. The van der Waals surface area contributed by atoms with Crippen LogP contribution in [-0.4, -0.2) is 44.3 Å². The van der Waals surface area contributed by atoms with E-state index in [9.17, 15) is 0 Å². The minimum absolute atomic E-state index is 0.236. The van der Waals surface area contributed by atoms with E-state index in [4.69, 9.17) is 26.4 Å². The second-order valence-electron chi connectivity index (χ2n) is 5.60. The molecule has 0 aliphatic carbocycles. The van der Waals surface area contributed by atoms with Crippen molar-refractivity contribution < 1.29 is 14.2 Å². The molecular formula is C17H24BrN3O3S. The predicted molar refractivity (Wildman–Crippen MR) is 107 cm³/mol. The molecule has 0 spiro atoms. The maximum absolute atomic E-state index is 5.71. The molecular weight excluding hydrogens is 406 g/mol. The van der Waals surface area contributed by atoms with Gasteiger partial charge < -0.3 is 19.5 Å². The SMILES string of the molecule is CCCOc1c(Br)cc(C=NNC(=S)NC[C@@H]2CCCO2)cc1OC. The highest BCUT2D eigenvalue weighted by Gasteiger charge is 2.15. The number of hydrogen-bond donors (Lipinski definition) is 2. The number of rotatable bonds is 8. The Morgan fingerprint density at radius 1 is 1.52 bits per heavy atom. The Bertz CT molecular complexity index is 607. The van der Waals surface area contributed by atoms with Crippen LogP contribution in [0.1, 0.15) is 31.7 Å². The van der Waals surface area contributed by atoms with E-state index in [-0.39, 0.29) is 6.10 Å². The highest BCUT2D eigenvalue weighted by molar-refractivity contribution is 9.10. The van der Waals surface area contributed by atoms with E-state index in [1.165, 1.54) is 0 Å². The lowest BCUT2D eigenvalue weighted by atomic mass is 10.2. The Balaban J connectivity index is 1.88. The number of hydrogen-bond acceptors (Lipinski definition) is 5. The zero-order valence-corrected chi connectivity index (χ0v) is 16.9. The van der Waals surface area contributed by atoms with Gasteiger partial charge in [-0.3, -0.25) is 5.43 Å². The summed E-state index contributed by atoms with van der Waals surface area (Å²) in [6, 6.07) is 3.78. The lowest BCUT2D eigenvalue weighted by Gasteiger charge is -2.13. The Kier molecular flexibility index (Phi) is 8.43. The Morgan fingerprint density at radius 3 is 3.04 bits per heavy atom. The Hall–Kier alpha value is -1.38. The number of methoxy groups -OCH3 is 1. The molecule has 1 saturated heterocycles. The summed E-state index contributed by atoms with van der Waals surface area (Å²) >= 11 is 8.71. The van der Waals surface area contributed by atoms with Gasteiger partial charge in [-0.05, 0) is 65.1 Å². The molecule has 1 atom stereocenters. The molecule has 1 aliphatic heterocycles. The third-order valence-electron chi connectivity index (χ3n) is 3.60. The molecule has 1 aromatic rings. The summed E-state index contributed by atoms with van der Waals surface area (Å²) in [5.41, 5.74) is 3.67. The van der Waals surface area contributed by atoms with Crippen molar-refractivity contribution in [2.45, 2.75) is 32.3 Å². The van der Waals surface area contributed by atoms with Crippen LogP contribution in [0.5, 0.6) is 11.5 Å². The van der Waals surface area contributed by atoms with E-state index in [0.29, 0.717) is 29.8 Å². The standard InChI is InChI=1S/C17H24BrN3O3S/c1-3-6-24-16-14(18)8-12(9-15(16)22-2)10-20-21-17(25)19-11-13-5-4-7-23-13/h8-10,13H,3-7,11H2,1-2H3,(H2,19,21,25)/t13-/m0/s1. The number of thiocarbonyl (C=S) groups is 1. The second-order valence-corrected chi connectivity index (χ2v) is 6.86. The molecule has 1 fully saturated rings. The number of ether oxygens (including phenoxy) is 3. The van der Waals surface area contributed by atoms with Crippen molar-refractivity contribution in [2.75, 3.05) is 26.9 Å². The van der Waals surface area contributed by atoms with Gasteiger partial charge in [0.15, 0.2) is 16.6 Å². The first-order valence-corrected chi connectivity index (χ1v) is 9.53. The molecule has 0 bridgehead atoms. The first-order valence-electron chi connectivity index (χ1n) is 8.32. The maximum atomic E-state index is 5.71. The van der Waals surface area contributed by atoms with Gasteiger partial charge in [-0.25, -0.2) is 0 Å². The number of benzene rings is 1. The second kappa shape index (κ2) is 10.6. The third-order valence-corrected chi connectivity index (χ3v) is 4.42. The lowest BCUT2D eigenvalue weighted by Crippen LogP contribution is -2.37. The van der Waals surface area contributed by atoms with Crippen LogP contribution < -0.4 is 20.2 Å². The van der Waals surface area contributed by atoms with Crippen molar-refractivity contribution in [3.8, 4) is 11.5 Å². The molecule has 1 heterocycles. The van der Waals surface area contributed by atoms with Crippen molar-refractivity contribution in [3.05, 3.63) is 22.2 Å². The molecule has 2 N–H and O–H groups in total. The van der Waals surface area contributed by atoms with Crippen molar-refractivity contribution in [3.63, 3.8) is 0 Å². The van der Waals surface area contributed by atoms with Gasteiger partial charge in [0, 0.05) is 13.2 Å². The largest absolute Gasteiger partial charge is 0.493 e. The summed E-state index contributed by atoms with van der Waals surface area (Å²) in [6.45, 7) is 4.22. The predicted octanol–water partition coefficient (Wildman–Crippen LogP) is 3.22. The van der Waals surface area contributed by atoms with E-state index in [0.717, 1.165) is 35.9 Å². The average Bonchev–Trinajstić information content (AvgIpc) is 3.12. The molecule has 1 aliphatic rings.